The second kappa shape index (κ2) is 6.36. The minimum atomic E-state index is -0.110. The molecule has 2 fully saturated rings. The molecule has 0 N–H and O–H groups in total. The van der Waals surface area contributed by atoms with Gasteiger partial charge in [0.05, 0.1) is 0 Å². The fraction of sp³-hybridized carbons (Fsp3) is 0.923. The van der Waals surface area contributed by atoms with E-state index in [-0.39, 0.29) is 5.97 Å². The van der Waals surface area contributed by atoms with Crippen molar-refractivity contribution in [2.24, 2.45) is 0 Å². The maximum Gasteiger partial charge on any atom is 0.324 e. The molecule has 2 aliphatic heterocycles. The fourth-order valence-electron chi connectivity index (χ4n) is 2.79. The molecule has 0 radical (unpaired) electrons. The molecular weight excluding hydrogens is 216 g/mol. The summed E-state index contributed by atoms with van der Waals surface area (Å²) in [7, 11) is 0. The quantitative estimate of drug-likeness (QED) is 0.753. The van der Waals surface area contributed by atoms with Crippen molar-refractivity contribution in [3.63, 3.8) is 0 Å². The lowest BCUT2D eigenvalue weighted by Crippen LogP contribution is -2.47. The van der Waals surface area contributed by atoms with Crippen LogP contribution in [-0.2, 0) is 9.63 Å². The van der Waals surface area contributed by atoms with Gasteiger partial charge in [-0.15, -0.1) is 5.06 Å². The summed E-state index contributed by atoms with van der Waals surface area (Å²) in [5.74, 6) is -0.110. The van der Waals surface area contributed by atoms with Gasteiger partial charge in [-0.1, -0.05) is 13.3 Å². The second-order valence-corrected chi connectivity index (χ2v) is 5.07. The highest BCUT2D eigenvalue weighted by Crippen LogP contribution is 2.20. The molecule has 0 saturated carbocycles. The first-order valence-corrected chi connectivity index (χ1v) is 6.99. The summed E-state index contributed by atoms with van der Waals surface area (Å²) in [6.07, 6.45) is 6.83. The van der Waals surface area contributed by atoms with Gasteiger partial charge in [0.25, 0.3) is 0 Å². The van der Waals surface area contributed by atoms with Crippen LogP contribution in [0.4, 0.5) is 0 Å². The molecule has 4 nitrogen and oxygen atoms in total. The Bertz CT molecular complexity index is 244. The van der Waals surface area contributed by atoms with E-state index in [1.54, 1.807) is 0 Å². The molecule has 0 aromatic heterocycles. The van der Waals surface area contributed by atoms with Crippen molar-refractivity contribution in [3.8, 4) is 0 Å². The predicted octanol–water partition coefficient (Wildman–Crippen LogP) is 1.80. The van der Waals surface area contributed by atoms with E-state index in [0.29, 0.717) is 12.5 Å². The Kier molecular flexibility index (Phi) is 4.80. The van der Waals surface area contributed by atoms with E-state index in [4.69, 9.17) is 4.84 Å². The Labute approximate surface area is 104 Å². The van der Waals surface area contributed by atoms with Crippen molar-refractivity contribution in [1.29, 1.82) is 0 Å². The van der Waals surface area contributed by atoms with Gasteiger partial charge in [-0.2, -0.15) is 0 Å². The zero-order valence-electron chi connectivity index (χ0n) is 10.9. The number of piperidine rings is 2. The summed E-state index contributed by atoms with van der Waals surface area (Å²) in [4.78, 5) is 19.1. The summed E-state index contributed by atoms with van der Waals surface area (Å²) in [5, 5.41) is 1.84. The lowest BCUT2D eigenvalue weighted by atomic mass is 10.0. The summed E-state index contributed by atoms with van der Waals surface area (Å²) < 4.78 is 0. The zero-order valence-corrected chi connectivity index (χ0v) is 10.9. The van der Waals surface area contributed by atoms with Crippen LogP contribution in [0.2, 0.25) is 0 Å². The molecule has 0 aliphatic carbocycles. The van der Waals surface area contributed by atoms with Gasteiger partial charge in [0, 0.05) is 25.6 Å². The minimum absolute atomic E-state index is 0.110. The van der Waals surface area contributed by atoms with E-state index in [2.05, 4.69) is 4.90 Å². The van der Waals surface area contributed by atoms with Crippen molar-refractivity contribution in [2.75, 3.05) is 26.2 Å². The lowest BCUT2D eigenvalue weighted by Gasteiger charge is -2.39. The van der Waals surface area contributed by atoms with Gasteiger partial charge in [0.15, 0.2) is 0 Å². The zero-order chi connectivity index (χ0) is 12.1. The molecule has 0 aromatic rings. The topological polar surface area (TPSA) is 32.8 Å². The second-order valence-electron chi connectivity index (χ2n) is 5.07. The minimum Gasteiger partial charge on any atom is -0.368 e. The third-order valence-corrected chi connectivity index (χ3v) is 3.85. The maximum absolute atomic E-state index is 11.2. The van der Waals surface area contributed by atoms with Crippen LogP contribution >= 0.6 is 0 Å². The van der Waals surface area contributed by atoms with E-state index in [1.807, 2.05) is 12.0 Å². The molecule has 2 saturated heterocycles. The van der Waals surface area contributed by atoms with Gasteiger partial charge in [-0.05, 0) is 38.8 Å². The number of rotatable bonds is 3. The SMILES string of the molecule is CCC(=O)ON1CCC(N2CCCCC2)CC1. The van der Waals surface area contributed by atoms with Gasteiger partial charge < -0.3 is 9.74 Å². The van der Waals surface area contributed by atoms with Crippen molar-refractivity contribution in [1.82, 2.24) is 9.96 Å². The van der Waals surface area contributed by atoms with Crippen LogP contribution in [0.1, 0.15) is 45.4 Å². The first-order valence-electron chi connectivity index (χ1n) is 6.99. The van der Waals surface area contributed by atoms with Crippen LogP contribution in [-0.4, -0.2) is 48.2 Å². The van der Waals surface area contributed by atoms with Gasteiger partial charge in [0.2, 0.25) is 0 Å². The van der Waals surface area contributed by atoms with Crippen LogP contribution in [0.5, 0.6) is 0 Å². The van der Waals surface area contributed by atoms with Crippen LogP contribution in [0.3, 0.4) is 0 Å². The first-order chi connectivity index (χ1) is 8.29. The molecule has 98 valence electrons. The monoisotopic (exact) mass is 240 g/mol. The van der Waals surface area contributed by atoms with Gasteiger partial charge in [0.1, 0.15) is 0 Å². The average molecular weight is 240 g/mol. The van der Waals surface area contributed by atoms with Gasteiger partial charge in [-0.3, -0.25) is 4.79 Å². The standard InChI is InChI=1S/C13H24N2O2/c1-2-13(16)17-15-10-6-12(7-11-15)14-8-4-3-5-9-14/h12H,2-11H2,1H3. The Morgan fingerprint density at radius 1 is 1.12 bits per heavy atom. The summed E-state index contributed by atoms with van der Waals surface area (Å²) in [6, 6.07) is 0.715. The smallest absolute Gasteiger partial charge is 0.324 e. The van der Waals surface area contributed by atoms with Gasteiger partial charge in [-0.25, -0.2) is 0 Å². The molecule has 2 aliphatic rings. The number of carbonyl (C=O) groups is 1. The number of hydroxylamine groups is 2. The number of likely N-dealkylation sites (tertiary alicyclic amines) is 1. The average Bonchev–Trinajstić information content (AvgIpc) is 2.40. The highest BCUT2D eigenvalue weighted by Gasteiger charge is 2.26. The van der Waals surface area contributed by atoms with Crippen molar-refractivity contribution in [2.45, 2.75) is 51.5 Å². The van der Waals surface area contributed by atoms with E-state index < -0.39 is 0 Å². The molecule has 0 aromatic carbocycles. The van der Waals surface area contributed by atoms with Crippen LogP contribution in [0, 0.1) is 0 Å². The van der Waals surface area contributed by atoms with E-state index >= 15 is 0 Å². The number of carbonyl (C=O) groups excluding carboxylic acids is 1. The molecule has 0 spiro atoms. The normalized spacial score (nSPS) is 24.8. The third-order valence-electron chi connectivity index (χ3n) is 3.85. The molecule has 2 heterocycles. The lowest BCUT2D eigenvalue weighted by molar-refractivity contribution is -0.196. The number of hydrogen-bond acceptors (Lipinski definition) is 4. The van der Waals surface area contributed by atoms with Crippen LogP contribution in [0.15, 0.2) is 0 Å². The molecular formula is C13H24N2O2. The van der Waals surface area contributed by atoms with E-state index in [1.165, 1.54) is 32.4 Å². The molecule has 0 atom stereocenters. The van der Waals surface area contributed by atoms with E-state index in [9.17, 15) is 4.79 Å². The van der Waals surface area contributed by atoms with Crippen molar-refractivity contribution < 1.29 is 9.63 Å². The van der Waals surface area contributed by atoms with Crippen molar-refractivity contribution in [3.05, 3.63) is 0 Å². The number of hydrogen-bond donors (Lipinski definition) is 0. The predicted molar refractivity (Wildman–Crippen MR) is 66.4 cm³/mol. The highest BCUT2D eigenvalue weighted by atomic mass is 16.7. The summed E-state index contributed by atoms with van der Waals surface area (Å²) >= 11 is 0. The van der Waals surface area contributed by atoms with Crippen LogP contribution < -0.4 is 0 Å². The molecule has 0 bridgehead atoms. The Morgan fingerprint density at radius 3 is 2.35 bits per heavy atom. The maximum atomic E-state index is 11.2. The molecule has 2 rings (SSSR count). The summed E-state index contributed by atoms with van der Waals surface area (Å²) in [5.41, 5.74) is 0. The highest BCUT2D eigenvalue weighted by molar-refractivity contribution is 5.68. The first kappa shape index (κ1) is 12.8. The number of nitrogens with zero attached hydrogens (tertiary/aromatic N) is 2. The molecule has 0 amide bonds. The molecule has 0 unspecified atom stereocenters. The largest absolute Gasteiger partial charge is 0.368 e. The van der Waals surface area contributed by atoms with Crippen molar-refractivity contribution >= 4 is 5.97 Å². The third kappa shape index (κ3) is 3.68. The van der Waals surface area contributed by atoms with Gasteiger partial charge >= 0.3 is 5.97 Å². The molecule has 17 heavy (non-hydrogen) atoms. The fourth-order valence-corrected chi connectivity index (χ4v) is 2.79. The Balaban J connectivity index is 1.71. The Morgan fingerprint density at radius 2 is 1.76 bits per heavy atom. The summed E-state index contributed by atoms with van der Waals surface area (Å²) in [6.45, 7) is 6.15. The van der Waals surface area contributed by atoms with E-state index in [0.717, 1.165) is 25.9 Å². The Hall–Kier alpha value is -0.610. The van der Waals surface area contributed by atoms with Crippen LogP contribution in [0.25, 0.3) is 0 Å². The molecule has 4 heteroatoms.